The molecule has 1 aromatic carbocycles. The van der Waals surface area contributed by atoms with Crippen LogP contribution in [0.4, 0.5) is 4.79 Å². The maximum atomic E-state index is 12.7. The first-order valence-electron chi connectivity index (χ1n) is 10.4. The van der Waals surface area contributed by atoms with Crippen LogP contribution in [0.5, 0.6) is 0 Å². The molecule has 1 aromatic rings. The standard InChI is InChI=1S/C22H29N3O5/c1-13(2)12-30-22(29)24-9-7-16(8-10-24)23-19(26)15-5-6-17-18(11-15)21(28)25(14(3)4)20(17)27/h5-6,11,13-14,16H,7-10,12H2,1-4H3,(H,23,26). The van der Waals surface area contributed by atoms with E-state index in [1.165, 1.54) is 11.0 Å². The fourth-order valence-electron chi connectivity index (χ4n) is 3.67. The van der Waals surface area contributed by atoms with E-state index in [0.717, 1.165) is 0 Å². The Kier molecular flexibility index (Phi) is 6.43. The molecule has 0 saturated carbocycles. The van der Waals surface area contributed by atoms with E-state index in [2.05, 4.69) is 5.32 Å². The van der Waals surface area contributed by atoms with Gasteiger partial charge in [-0.2, -0.15) is 0 Å². The summed E-state index contributed by atoms with van der Waals surface area (Å²) in [6, 6.07) is 4.30. The second-order valence-electron chi connectivity index (χ2n) is 8.54. The Morgan fingerprint density at radius 1 is 1.07 bits per heavy atom. The molecule has 1 fully saturated rings. The molecule has 162 valence electrons. The van der Waals surface area contributed by atoms with Crippen molar-refractivity contribution >= 4 is 23.8 Å². The minimum absolute atomic E-state index is 0.0654. The SMILES string of the molecule is CC(C)COC(=O)N1CCC(NC(=O)c2ccc3c(c2)C(=O)N(C(C)C)C3=O)CC1. The van der Waals surface area contributed by atoms with E-state index in [1.54, 1.807) is 30.9 Å². The van der Waals surface area contributed by atoms with Crippen molar-refractivity contribution in [3.05, 3.63) is 34.9 Å². The lowest BCUT2D eigenvalue weighted by Crippen LogP contribution is -2.46. The first-order valence-corrected chi connectivity index (χ1v) is 10.4. The summed E-state index contributed by atoms with van der Waals surface area (Å²) in [5, 5.41) is 2.97. The quantitative estimate of drug-likeness (QED) is 0.746. The Balaban J connectivity index is 1.58. The number of piperidine rings is 1. The number of hydrogen-bond acceptors (Lipinski definition) is 5. The summed E-state index contributed by atoms with van der Waals surface area (Å²) in [6.07, 6.45) is 0.947. The van der Waals surface area contributed by atoms with Crippen molar-refractivity contribution < 1.29 is 23.9 Å². The summed E-state index contributed by atoms with van der Waals surface area (Å²) in [6.45, 7) is 8.95. The molecule has 3 rings (SSSR count). The van der Waals surface area contributed by atoms with Gasteiger partial charge in [0.1, 0.15) is 0 Å². The molecule has 30 heavy (non-hydrogen) atoms. The Hall–Kier alpha value is -2.90. The van der Waals surface area contributed by atoms with Crippen LogP contribution in [0.2, 0.25) is 0 Å². The summed E-state index contributed by atoms with van der Waals surface area (Å²) < 4.78 is 5.25. The molecule has 4 amide bonds. The summed E-state index contributed by atoms with van der Waals surface area (Å²) in [5.74, 6) is -0.698. The molecular formula is C22H29N3O5. The van der Waals surface area contributed by atoms with Crippen LogP contribution < -0.4 is 5.32 Å². The number of benzene rings is 1. The van der Waals surface area contributed by atoms with Crippen molar-refractivity contribution in [1.29, 1.82) is 0 Å². The number of ether oxygens (including phenoxy) is 1. The number of amides is 4. The second-order valence-corrected chi connectivity index (χ2v) is 8.54. The van der Waals surface area contributed by atoms with Gasteiger partial charge >= 0.3 is 6.09 Å². The van der Waals surface area contributed by atoms with Crippen LogP contribution in [0, 0.1) is 5.92 Å². The van der Waals surface area contributed by atoms with E-state index in [1.807, 2.05) is 13.8 Å². The smallest absolute Gasteiger partial charge is 0.409 e. The molecule has 0 unspecified atom stereocenters. The van der Waals surface area contributed by atoms with Crippen molar-refractivity contribution in [3.8, 4) is 0 Å². The van der Waals surface area contributed by atoms with Gasteiger partial charge in [0.05, 0.1) is 17.7 Å². The van der Waals surface area contributed by atoms with Gasteiger partial charge in [-0.3, -0.25) is 19.3 Å². The van der Waals surface area contributed by atoms with Gasteiger partial charge in [0.25, 0.3) is 17.7 Å². The molecule has 0 spiro atoms. The Labute approximate surface area is 176 Å². The molecule has 2 heterocycles. The topological polar surface area (TPSA) is 96.0 Å². The number of likely N-dealkylation sites (tertiary alicyclic amines) is 1. The highest BCUT2D eigenvalue weighted by Crippen LogP contribution is 2.26. The van der Waals surface area contributed by atoms with Gasteiger partial charge in [0.15, 0.2) is 0 Å². The van der Waals surface area contributed by atoms with Crippen molar-refractivity contribution in [1.82, 2.24) is 15.1 Å². The third kappa shape index (κ3) is 4.47. The van der Waals surface area contributed by atoms with Crippen LogP contribution in [0.1, 0.15) is 71.6 Å². The largest absolute Gasteiger partial charge is 0.449 e. The molecule has 2 aliphatic heterocycles. The first-order chi connectivity index (χ1) is 14.2. The van der Waals surface area contributed by atoms with Gasteiger partial charge in [-0.1, -0.05) is 13.8 Å². The molecule has 1 saturated heterocycles. The van der Waals surface area contributed by atoms with Crippen LogP contribution in [0.3, 0.4) is 0 Å². The van der Waals surface area contributed by atoms with Crippen molar-refractivity contribution in [2.45, 2.75) is 52.6 Å². The monoisotopic (exact) mass is 415 g/mol. The lowest BCUT2D eigenvalue weighted by Gasteiger charge is -2.31. The van der Waals surface area contributed by atoms with Gasteiger partial charge < -0.3 is 15.0 Å². The molecule has 0 radical (unpaired) electrons. The molecule has 2 aliphatic rings. The average molecular weight is 415 g/mol. The number of imide groups is 1. The molecule has 8 heteroatoms. The molecule has 0 bridgehead atoms. The fraction of sp³-hybridized carbons (Fsp3) is 0.545. The van der Waals surface area contributed by atoms with E-state index in [4.69, 9.17) is 4.74 Å². The van der Waals surface area contributed by atoms with Crippen LogP contribution in [0.15, 0.2) is 18.2 Å². The maximum absolute atomic E-state index is 12.7. The Bertz CT molecular complexity index is 856. The van der Waals surface area contributed by atoms with Gasteiger partial charge in [-0.15, -0.1) is 0 Å². The highest BCUT2D eigenvalue weighted by Gasteiger charge is 2.37. The zero-order chi connectivity index (χ0) is 22.0. The van der Waals surface area contributed by atoms with E-state index >= 15 is 0 Å². The van der Waals surface area contributed by atoms with Crippen LogP contribution >= 0.6 is 0 Å². The summed E-state index contributed by atoms with van der Waals surface area (Å²) in [4.78, 5) is 52.5. The van der Waals surface area contributed by atoms with Gasteiger partial charge in [-0.25, -0.2) is 4.79 Å². The summed E-state index contributed by atoms with van der Waals surface area (Å²) >= 11 is 0. The third-order valence-electron chi connectivity index (χ3n) is 5.33. The van der Waals surface area contributed by atoms with E-state index in [9.17, 15) is 19.2 Å². The van der Waals surface area contributed by atoms with Crippen LogP contribution in [-0.2, 0) is 4.74 Å². The summed E-state index contributed by atoms with van der Waals surface area (Å²) in [7, 11) is 0. The number of hydrogen-bond donors (Lipinski definition) is 1. The number of nitrogens with zero attached hydrogens (tertiary/aromatic N) is 2. The first kappa shape index (κ1) is 21.8. The number of rotatable bonds is 5. The zero-order valence-electron chi connectivity index (χ0n) is 17.9. The van der Waals surface area contributed by atoms with Crippen LogP contribution in [-0.4, -0.2) is 65.4 Å². The Morgan fingerprint density at radius 3 is 2.30 bits per heavy atom. The predicted octanol–water partition coefficient (Wildman–Crippen LogP) is 2.68. The average Bonchev–Trinajstić information content (AvgIpc) is 2.96. The second kappa shape index (κ2) is 8.85. The number of nitrogens with one attached hydrogen (secondary N) is 1. The lowest BCUT2D eigenvalue weighted by atomic mass is 10.0. The molecule has 0 aliphatic carbocycles. The predicted molar refractivity (Wildman–Crippen MR) is 110 cm³/mol. The van der Waals surface area contributed by atoms with E-state index < -0.39 is 0 Å². The van der Waals surface area contributed by atoms with Gasteiger partial charge in [-0.05, 0) is 50.8 Å². The normalized spacial score (nSPS) is 17.0. The number of carbonyl (C=O) groups excluding carboxylic acids is 4. The third-order valence-corrected chi connectivity index (χ3v) is 5.33. The molecule has 1 N–H and O–H groups in total. The fourth-order valence-corrected chi connectivity index (χ4v) is 3.67. The zero-order valence-corrected chi connectivity index (χ0v) is 17.9. The number of fused-ring (bicyclic) bond motifs is 1. The molecule has 8 nitrogen and oxygen atoms in total. The molecule has 0 atom stereocenters. The van der Waals surface area contributed by atoms with Gasteiger partial charge in [0.2, 0.25) is 0 Å². The highest BCUT2D eigenvalue weighted by molar-refractivity contribution is 6.22. The minimum Gasteiger partial charge on any atom is -0.449 e. The van der Waals surface area contributed by atoms with Crippen molar-refractivity contribution in [2.75, 3.05) is 19.7 Å². The van der Waals surface area contributed by atoms with Crippen molar-refractivity contribution in [3.63, 3.8) is 0 Å². The summed E-state index contributed by atoms with van der Waals surface area (Å²) in [5.41, 5.74) is 0.946. The highest BCUT2D eigenvalue weighted by atomic mass is 16.6. The van der Waals surface area contributed by atoms with Gasteiger partial charge in [0, 0.05) is 30.7 Å². The van der Waals surface area contributed by atoms with E-state index in [0.29, 0.717) is 43.7 Å². The maximum Gasteiger partial charge on any atom is 0.409 e. The Morgan fingerprint density at radius 2 is 1.70 bits per heavy atom. The number of carbonyl (C=O) groups is 4. The molecular weight excluding hydrogens is 386 g/mol. The van der Waals surface area contributed by atoms with E-state index in [-0.39, 0.29) is 47.4 Å². The van der Waals surface area contributed by atoms with Crippen molar-refractivity contribution in [2.24, 2.45) is 5.92 Å². The molecule has 0 aromatic heterocycles. The lowest BCUT2D eigenvalue weighted by molar-refractivity contribution is 0.0608. The van der Waals surface area contributed by atoms with Crippen LogP contribution in [0.25, 0.3) is 0 Å². The minimum atomic E-state index is -0.368.